The molecule has 2 heterocycles. The quantitative estimate of drug-likeness (QED) is 0.792. The van der Waals surface area contributed by atoms with Crippen molar-refractivity contribution in [2.24, 2.45) is 0 Å². The summed E-state index contributed by atoms with van der Waals surface area (Å²) in [7, 11) is 0. The third-order valence-electron chi connectivity index (χ3n) is 3.55. The summed E-state index contributed by atoms with van der Waals surface area (Å²) in [4.78, 5) is 4.25. The summed E-state index contributed by atoms with van der Waals surface area (Å²) in [5, 5.41) is 0. The smallest absolute Gasteiger partial charge is 0.158 e. The van der Waals surface area contributed by atoms with Crippen LogP contribution in [0.5, 0.6) is 0 Å². The van der Waals surface area contributed by atoms with E-state index in [1.54, 1.807) is 0 Å². The zero-order valence-corrected chi connectivity index (χ0v) is 12.3. The molecule has 19 heavy (non-hydrogen) atoms. The number of ether oxygens (including phenoxy) is 2. The molecular formula is C15H26N2O2. The fourth-order valence-electron chi connectivity index (χ4n) is 2.55. The van der Waals surface area contributed by atoms with Gasteiger partial charge in [-0.1, -0.05) is 20.8 Å². The highest BCUT2D eigenvalue weighted by atomic mass is 16.7. The molecule has 1 saturated heterocycles. The summed E-state index contributed by atoms with van der Waals surface area (Å²) in [6, 6.07) is 0. The number of imidazole rings is 1. The summed E-state index contributed by atoms with van der Waals surface area (Å²) in [6.45, 7) is 8.20. The Morgan fingerprint density at radius 2 is 2.32 bits per heavy atom. The van der Waals surface area contributed by atoms with Gasteiger partial charge in [0.15, 0.2) is 6.29 Å². The highest BCUT2D eigenvalue weighted by Crippen LogP contribution is 2.23. The molecule has 1 aromatic heterocycles. The average molecular weight is 266 g/mol. The summed E-state index contributed by atoms with van der Waals surface area (Å²) in [5.74, 6) is 0.498. The lowest BCUT2D eigenvalue weighted by atomic mass is 10.1. The van der Waals surface area contributed by atoms with Crippen LogP contribution in [0.4, 0.5) is 0 Å². The van der Waals surface area contributed by atoms with Crippen molar-refractivity contribution in [1.82, 2.24) is 9.55 Å². The SMILES string of the molecule is CCCOC1CCCC(Cn2cncc2C(C)C)O1. The van der Waals surface area contributed by atoms with Gasteiger partial charge in [0.1, 0.15) is 0 Å². The molecule has 1 aliphatic rings. The second-order valence-electron chi connectivity index (χ2n) is 5.61. The van der Waals surface area contributed by atoms with Gasteiger partial charge in [0.25, 0.3) is 0 Å². The second kappa shape index (κ2) is 7.06. The van der Waals surface area contributed by atoms with E-state index in [-0.39, 0.29) is 12.4 Å². The lowest BCUT2D eigenvalue weighted by Crippen LogP contribution is -2.33. The molecule has 0 aromatic carbocycles. The van der Waals surface area contributed by atoms with Crippen LogP contribution in [-0.4, -0.2) is 28.6 Å². The lowest BCUT2D eigenvalue weighted by Gasteiger charge is -2.30. The summed E-state index contributed by atoms with van der Waals surface area (Å²) in [5.41, 5.74) is 1.28. The number of rotatable bonds is 6. The number of hydrogen-bond acceptors (Lipinski definition) is 3. The molecule has 2 rings (SSSR count). The molecule has 0 bridgehead atoms. The first-order valence-corrected chi connectivity index (χ1v) is 7.47. The van der Waals surface area contributed by atoms with Crippen LogP contribution in [0.25, 0.3) is 0 Å². The van der Waals surface area contributed by atoms with Crippen LogP contribution in [0.3, 0.4) is 0 Å². The van der Waals surface area contributed by atoms with E-state index in [1.165, 1.54) is 12.1 Å². The van der Waals surface area contributed by atoms with Gasteiger partial charge in [-0.05, 0) is 31.6 Å². The third-order valence-corrected chi connectivity index (χ3v) is 3.55. The molecule has 0 amide bonds. The van der Waals surface area contributed by atoms with Crippen molar-refractivity contribution in [2.45, 2.75) is 71.3 Å². The van der Waals surface area contributed by atoms with E-state index in [2.05, 4.69) is 30.3 Å². The summed E-state index contributed by atoms with van der Waals surface area (Å²) >= 11 is 0. The molecule has 2 atom stereocenters. The maximum absolute atomic E-state index is 6.03. The van der Waals surface area contributed by atoms with Crippen molar-refractivity contribution in [2.75, 3.05) is 6.61 Å². The fraction of sp³-hybridized carbons (Fsp3) is 0.800. The maximum atomic E-state index is 6.03. The molecule has 0 aliphatic carbocycles. The molecule has 108 valence electrons. The first kappa shape index (κ1) is 14.5. The van der Waals surface area contributed by atoms with Gasteiger partial charge in [-0.3, -0.25) is 0 Å². The van der Waals surface area contributed by atoms with Crippen LogP contribution in [0.2, 0.25) is 0 Å². The van der Waals surface area contributed by atoms with E-state index >= 15 is 0 Å². The predicted molar refractivity (Wildman–Crippen MR) is 75.1 cm³/mol. The Morgan fingerprint density at radius 1 is 1.47 bits per heavy atom. The Hall–Kier alpha value is -0.870. The number of hydrogen-bond donors (Lipinski definition) is 0. The minimum absolute atomic E-state index is 0.00952. The first-order chi connectivity index (χ1) is 9.20. The van der Waals surface area contributed by atoms with E-state index in [1.807, 2.05) is 12.5 Å². The Bertz CT molecular complexity index is 376. The third kappa shape index (κ3) is 4.05. The van der Waals surface area contributed by atoms with E-state index in [4.69, 9.17) is 9.47 Å². The van der Waals surface area contributed by atoms with Gasteiger partial charge in [-0.25, -0.2) is 4.98 Å². The van der Waals surface area contributed by atoms with Crippen molar-refractivity contribution in [3.63, 3.8) is 0 Å². The lowest BCUT2D eigenvalue weighted by molar-refractivity contribution is -0.196. The predicted octanol–water partition coefficient (Wildman–Crippen LogP) is 3.33. The molecule has 1 aliphatic heterocycles. The Morgan fingerprint density at radius 3 is 3.05 bits per heavy atom. The molecule has 4 heteroatoms. The second-order valence-corrected chi connectivity index (χ2v) is 5.61. The Labute approximate surface area is 116 Å². The van der Waals surface area contributed by atoms with Crippen molar-refractivity contribution in [1.29, 1.82) is 0 Å². The number of aromatic nitrogens is 2. The largest absolute Gasteiger partial charge is 0.353 e. The van der Waals surface area contributed by atoms with E-state index in [0.29, 0.717) is 5.92 Å². The molecule has 0 saturated carbocycles. The Kier molecular flexibility index (Phi) is 5.40. The van der Waals surface area contributed by atoms with Crippen LogP contribution in [0.15, 0.2) is 12.5 Å². The molecule has 1 aromatic rings. The maximum Gasteiger partial charge on any atom is 0.158 e. The number of nitrogens with zero attached hydrogens (tertiary/aromatic N) is 2. The average Bonchev–Trinajstić information content (AvgIpc) is 2.85. The van der Waals surface area contributed by atoms with Crippen molar-refractivity contribution >= 4 is 0 Å². The standard InChI is InChI=1S/C15H26N2O2/c1-4-8-18-15-7-5-6-13(19-15)10-17-11-16-9-14(17)12(2)3/h9,11-13,15H,4-8,10H2,1-3H3. The normalized spacial score (nSPS) is 24.0. The molecule has 4 nitrogen and oxygen atoms in total. The van der Waals surface area contributed by atoms with Gasteiger partial charge in [0.05, 0.1) is 19.0 Å². The van der Waals surface area contributed by atoms with Crippen LogP contribution in [-0.2, 0) is 16.0 Å². The fourth-order valence-corrected chi connectivity index (χ4v) is 2.55. The topological polar surface area (TPSA) is 36.3 Å². The molecule has 0 N–H and O–H groups in total. The minimum atomic E-state index is -0.00952. The first-order valence-electron chi connectivity index (χ1n) is 7.47. The highest BCUT2D eigenvalue weighted by molar-refractivity contribution is 5.03. The van der Waals surface area contributed by atoms with Gasteiger partial charge in [-0.15, -0.1) is 0 Å². The van der Waals surface area contributed by atoms with Crippen molar-refractivity contribution in [3.8, 4) is 0 Å². The van der Waals surface area contributed by atoms with Crippen molar-refractivity contribution in [3.05, 3.63) is 18.2 Å². The van der Waals surface area contributed by atoms with Gasteiger partial charge in [0, 0.05) is 18.5 Å². The van der Waals surface area contributed by atoms with Gasteiger partial charge < -0.3 is 14.0 Å². The molecule has 2 unspecified atom stereocenters. The monoisotopic (exact) mass is 266 g/mol. The molecule has 1 fully saturated rings. The Balaban J connectivity index is 1.89. The molecular weight excluding hydrogens is 240 g/mol. The van der Waals surface area contributed by atoms with Crippen LogP contribution in [0, 0.1) is 0 Å². The van der Waals surface area contributed by atoms with Gasteiger partial charge >= 0.3 is 0 Å². The van der Waals surface area contributed by atoms with Crippen LogP contribution < -0.4 is 0 Å². The van der Waals surface area contributed by atoms with E-state index in [0.717, 1.165) is 32.4 Å². The zero-order chi connectivity index (χ0) is 13.7. The molecule has 0 spiro atoms. The molecule has 0 radical (unpaired) electrons. The summed E-state index contributed by atoms with van der Waals surface area (Å²) in [6.07, 6.45) is 8.48. The van der Waals surface area contributed by atoms with Crippen molar-refractivity contribution < 1.29 is 9.47 Å². The van der Waals surface area contributed by atoms with Gasteiger partial charge in [-0.2, -0.15) is 0 Å². The van der Waals surface area contributed by atoms with Crippen LogP contribution in [0.1, 0.15) is 58.1 Å². The highest BCUT2D eigenvalue weighted by Gasteiger charge is 2.23. The summed E-state index contributed by atoms with van der Waals surface area (Å²) < 4.78 is 14.0. The zero-order valence-electron chi connectivity index (χ0n) is 12.3. The van der Waals surface area contributed by atoms with Gasteiger partial charge in [0.2, 0.25) is 0 Å². The van der Waals surface area contributed by atoms with E-state index < -0.39 is 0 Å². The van der Waals surface area contributed by atoms with Crippen LogP contribution >= 0.6 is 0 Å². The van der Waals surface area contributed by atoms with E-state index in [9.17, 15) is 0 Å². The minimum Gasteiger partial charge on any atom is -0.353 e.